The number of carbonyl (C=O) groups excluding carboxylic acids is 2. The molecule has 0 aliphatic heterocycles. The highest BCUT2D eigenvalue weighted by Crippen LogP contribution is 2.43. The Balaban J connectivity index is 3.92. The Morgan fingerprint density at radius 2 is 0.833 bits per heavy atom. The van der Waals surface area contributed by atoms with Gasteiger partial charge in [-0.2, -0.15) is 0 Å². The van der Waals surface area contributed by atoms with Crippen LogP contribution >= 0.6 is 7.82 Å². The van der Waals surface area contributed by atoms with E-state index in [9.17, 15) is 19.0 Å². The number of hydrogen-bond donors (Lipinski definition) is 2. The van der Waals surface area contributed by atoms with Crippen LogP contribution in [0.4, 0.5) is 0 Å². The third-order valence-electron chi connectivity index (χ3n) is 11.7. The van der Waals surface area contributed by atoms with Crippen LogP contribution in [0.3, 0.4) is 0 Å². The fourth-order valence-corrected chi connectivity index (χ4v) is 8.43. The number of phosphoric ester groups is 1. The fraction of sp³-hybridized carbons (Fsp3) is 0.786. The lowest BCUT2D eigenvalue weighted by atomic mass is 10.0. The smallest absolute Gasteiger partial charge is 0.462 e. The molecule has 0 aliphatic carbocycles. The molecule has 9 nitrogen and oxygen atoms in total. The van der Waals surface area contributed by atoms with Gasteiger partial charge in [-0.1, -0.05) is 242 Å². The standard InChI is InChI=1S/C56H102NO8P/c1-3-5-7-9-11-13-15-17-19-20-21-22-23-24-25-26-27-28-29-30-31-32-33-34-35-37-39-41-43-45-47-49-56(59)65-54(53-64-66(60,61)63-51-50-57)52-62-55(58)48-46-44-42-40-38-36-18-16-14-12-10-8-6-4-2/h5,7,11,13,17,19,21-22,24-25,54H,3-4,6,8-10,12,14-16,18,20,23,26-53,57H2,1-2H3,(H,60,61)/b7-5-,13-11-,19-17-,22-21-,25-24-. The molecule has 0 fully saturated rings. The second kappa shape index (κ2) is 52.1. The normalized spacial score (nSPS) is 13.6. The molecule has 0 aromatic heterocycles. The summed E-state index contributed by atoms with van der Waals surface area (Å²) >= 11 is 0. The number of phosphoric acid groups is 1. The quantitative estimate of drug-likeness (QED) is 0.0264. The summed E-state index contributed by atoms with van der Waals surface area (Å²) in [5, 5.41) is 0. The van der Waals surface area contributed by atoms with Gasteiger partial charge in [0, 0.05) is 19.4 Å². The molecular weight excluding hydrogens is 846 g/mol. The monoisotopic (exact) mass is 948 g/mol. The predicted octanol–water partition coefficient (Wildman–Crippen LogP) is 16.8. The van der Waals surface area contributed by atoms with Gasteiger partial charge in [-0.15, -0.1) is 0 Å². The van der Waals surface area contributed by atoms with Gasteiger partial charge in [-0.05, 0) is 57.8 Å². The summed E-state index contributed by atoms with van der Waals surface area (Å²) in [6.45, 7) is 3.65. The van der Waals surface area contributed by atoms with Crippen LogP contribution in [0.5, 0.6) is 0 Å². The summed E-state index contributed by atoms with van der Waals surface area (Å²) in [6, 6.07) is 0. The number of nitrogens with two attached hydrogens (primary N) is 1. The van der Waals surface area contributed by atoms with Gasteiger partial charge in [0.25, 0.3) is 0 Å². The van der Waals surface area contributed by atoms with Crippen LogP contribution in [0.1, 0.15) is 251 Å². The molecule has 66 heavy (non-hydrogen) atoms. The minimum absolute atomic E-state index is 0.0538. The van der Waals surface area contributed by atoms with Crippen LogP contribution in [0.15, 0.2) is 60.8 Å². The topological polar surface area (TPSA) is 134 Å². The highest BCUT2D eigenvalue weighted by atomic mass is 31.2. The number of rotatable bonds is 51. The van der Waals surface area contributed by atoms with E-state index in [0.29, 0.717) is 6.42 Å². The van der Waals surface area contributed by atoms with E-state index >= 15 is 0 Å². The number of ether oxygens (including phenoxy) is 2. The van der Waals surface area contributed by atoms with Crippen LogP contribution in [-0.2, 0) is 32.7 Å². The van der Waals surface area contributed by atoms with Crippen molar-refractivity contribution in [3.63, 3.8) is 0 Å². The minimum Gasteiger partial charge on any atom is -0.462 e. The van der Waals surface area contributed by atoms with Crippen LogP contribution < -0.4 is 5.73 Å². The van der Waals surface area contributed by atoms with Gasteiger partial charge in [-0.3, -0.25) is 18.6 Å². The molecule has 0 amide bonds. The lowest BCUT2D eigenvalue weighted by Gasteiger charge is -2.19. The molecule has 10 heteroatoms. The Labute approximate surface area is 406 Å². The van der Waals surface area contributed by atoms with E-state index in [4.69, 9.17) is 24.3 Å². The van der Waals surface area contributed by atoms with Crippen molar-refractivity contribution in [3.8, 4) is 0 Å². The first-order valence-electron chi connectivity index (χ1n) is 27.3. The Morgan fingerprint density at radius 3 is 1.24 bits per heavy atom. The molecule has 0 aromatic rings. The molecule has 0 spiro atoms. The Morgan fingerprint density at radius 1 is 0.470 bits per heavy atom. The summed E-state index contributed by atoms with van der Waals surface area (Å²) < 4.78 is 32.9. The number of esters is 2. The summed E-state index contributed by atoms with van der Waals surface area (Å²) in [6.07, 6.45) is 64.1. The van der Waals surface area contributed by atoms with E-state index in [1.54, 1.807) is 0 Å². The highest BCUT2D eigenvalue weighted by Gasteiger charge is 2.26. The second-order valence-corrected chi connectivity index (χ2v) is 19.5. The van der Waals surface area contributed by atoms with E-state index in [1.165, 1.54) is 148 Å². The molecule has 0 aromatic carbocycles. The predicted molar refractivity (Wildman–Crippen MR) is 279 cm³/mol. The van der Waals surface area contributed by atoms with E-state index in [-0.39, 0.29) is 38.6 Å². The number of carbonyl (C=O) groups is 2. The maximum absolute atomic E-state index is 12.7. The number of hydrogen-bond acceptors (Lipinski definition) is 8. The van der Waals surface area contributed by atoms with Crippen LogP contribution in [0.2, 0.25) is 0 Å². The third kappa shape index (κ3) is 51.1. The molecule has 2 atom stereocenters. The van der Waals surface area contributed by atoms with Crippen molar-refractivity contribution in [1.82, 2.24) is 0 Å². The molecular formula is C56H102NO8P. The second-order valence-electron chi connectivity index (χ2n) is 18.1. The fourth-order valence-electron chi connectivity index (χ4n) is 7.66. The molecule has 0 saturated heterocycles. The molecule has 0 rings (SSSR count). The largest absolute Gasteiger partial charge is 0.472 e. The Hall–Kier alpha value is -2.29. The lowest BCUT2D eigenvalue weighted by Crippen LogP contribution is -2.29. The molecule has 0 aliphatic rings. The SMILES string of the molecule is CC/C=C\C/C=C\C/C=C\C/C=C\C/C=C\CCCCCCCCCCCCCCCCCC(=O)OC(COC(=O)CCCCCCCCCCCCCCCC)COP(=O)(O)OCCN. The van der Waals surface area contributed by atoms with Crippen molar-refractivity contribution in [1.29, 1.82) is 0 Å². The molecule has 2 unspecified atom stereocenters. The molecule has 3 N–H and O–H groups in total. The zero-order chi connectivity index (χ0) is 48.1. The first kappa shape index (κ1) is 63.7. The molecule has 0 radical (unpaired) electrons. The van der Waals surface area contributed by atoms with E-state index in [2.05, 4.69) is 74.6 Å². The van der Waals surface area contributed by atoms with Crippen LogP contribution in [0.25, 0.3) is 0 Å². The zero-order valence-corrected chi connectivity index (χ0v) is 43.6. The van der Waals surface area contributed by atoms with Gasteiger partial charge in [-0.25, -0.2) is 4.57 Å². The lowest BCUT2D eigenvalue weighted by molar-refractivity contribution is -0.161. The first-order valence-corrected chi connectivity index (χ1v) is 28.8. The maximum Gasteiger partial charge on any atom is 0.472 e. The van der Waals surface area contributed by atoms with E-state index < -0.39 is 26.5 Å². The van der Waals surface area contributed by atoms with Gasteiger partial charge in [0.1, 0.15) is 6.61 Å². The van der Waals surface area contributed by atoms with Crippen molar-refractivity contribution in [2.24, 2.45) is 5.73 Å². The van der Waals surface area contributed by atoms with Crippen molar-refractivity contribution >= 4 is 19.8 Å². The molecule has 0 saturated carbocycles. The number of allylic oxidation sites excluding steroid dienone is 10. The van der Waals surface area contributed by atoms with Gasteiger partial charge < -0.3 is 20.1 Å². The molecule has 0 heterocycles. The zero-order valence-electron chi connectivity index (χ0n) is 42.7. The van der Waals surface area contributed by atoms with Gasteiger partial charge in [0.15, 0.2) is 6.10 Å². The molecule has 0 bridgehead atoms. The average Bonchev–Trinajstić information content (AvgIpc) is 3.31. The van der Waals surface area contributed by atoms with Crippen LogP contribution in [-0.4, -0.2) is 49.3 Å². The third-order valence-corrected chi connectivity index (χ3v) is 12.7. The Bertz CT molecular complexity index is 1260. The minimum atomic E-state index is -4.38. The number of unbranched alkanes of at least 4 members (excludes halogenated alkanes) is 28. The average molecular weight is 948 g/mol. The van der Waals surface area contributed by atoms with Gasteiger partial charge >= 0.3 is 19.8 Å². The van der Waals surface area contributed by atoms with Crippen molar-refractivity contribution in [2.75, 3.05) is 26.4 Å². The first-order chi connectivity index (χ1) is 32.3. The van der Waals surface area contributed by atoms with Gasteiger partial charge in [0.2, 0.25) is 0 Å². The van der Waals surface area contributed by atoms with E-state index in [1.807, 2.05) is 0 Å². The summed E-state index contributed by atoms with van der Waals surface area (Å²) in [4.78, 5) is 35.1. The molecule has 384 valence electrons. The highest BCUT2D eigenvalue weighted by molar-refractivity contribution is 7.47. The summed E-state index contributed by atoms with van der Waals surface area (Å²) in [5.74, 6) is -0.819. The van der Waals surface area contributed by atoms with Crippen molar-refractivity contribution in [3.05, 3.63) is 60.8 Å². The summed E-state index contributed by atoms with van der Waals surface area (Å²) in [7, 11) is -4.38. The summed E-state index contributed by atoms with van der Waals surface area (Å²) in [5.41, 5.74) is 5.37. The van der Waals surface area contributed by atoms with Crippen molar-refractivity contribution in [2.45, 2.75) is 258 Å². The van der Waals surface area contributed by atoms with Gasteiger partial charge in [0.05, 0.1) is 13.2 Å². The Kier molecular flexibility index (Phi) is 50.3. The van der Waals surface area contributed by atoms with Crippen molar-refractivity contribution < 1.29 is 37.6 Å². The van der Waals surface area contributed by atoms with E-state index in [0.717, 1.165) is 70.6 Å². The van der Waals surface area contributed by atoms with Crippen LogP contribution in [0, 0.1) is 0 Å². The maximum atomic E-state index is 12.7.